The highest BCUT2D eigenvalue weighted by Crippen LogP contribution is 2.26. The highest BCUT2D eigenvalue weighted by Gasteiger charge is 2.24. The Morgan fingerprint density at radius 2 is 2.05 bits per heavy atom. The molecule has 1 fully saturated rings. The van der Waals surface area contributed by atoms with Gasteiger partial charge < -0.3 is 4.90 Å². The van der Waals surface area contributed by atoms with Crippen molar-refractivity contribution in [3.63, 3.8) is 0 Å². The molecule has 0 radical (unpaired) electrons. The van der Waals surface area contributed by atoms with Crippen LogP contribution >= 0.6 is 11.8 Å². The Labute approximate surface area is 117 Å². The lowest BCUT2D eigenvalue weighted by molar-refractivity contribution is 0.666. The SMILES string of the molecule is CN(c1nnc(-c2ccccc2)n1C)[C@H]1CCSC1. The molecular formula is C14H18N4S. The molecular weight excluding hydrogens is 256 g/mol. The van der Waals surface area contributed by atoms with Gasteiger partial charge in [-0.05, 0) is 12.2 Å². The number of hydrogen-bond acceptors (Lipinski definition) is 4. The third-order valence-corrected chi connectivity index (χ3v) is 4.80. The molecule has 1 aliphatic rings. The summed E-state index contributed by atoms with van der Waals surface area (Å²) in [5.74, 6) is 4.31. The van der Waals surface area contributed by atoms with Gasteiger partial charge in [-0.15, -0.1) is 10.2 Å². The van der Waals surface area contributed by atoms with E-state index in [0.29, 0.717) is 6.04 Å². The van der Waals surface area contributed by atoms with E-state index in [2.05, 4.69) is 38.8 Å². The summed E-state index contributed by atoms with van der Waals surface area (Å²) in [7, 11) is 4.16. The Balaban J connectivity index is 1.90. The van der Waals surface area contributed by atoms with Gasteiger partial charge >= 0.3 is 0 Å². The molecule has 0 bridgehead atoms. The fourth-order valence-electron chi connectivity index (χ4n) is 2.46. The summed E-state index contributed by atoms with van der Waals surface area (Å²) in [6, 6.07) is 10.8. The van der Waals surface area contributed by atoms with E-state index in [4.69, 9.17) is 0 Å². The van der Waals surface area contributed by atoms with Crippen LogP contribution in [0.15, 0.2) is 30.3 Å². The van der Waals surface area contributed by atoms with Crippen LogP contribution in [0.5, 0.6) is 0 Å². The van der Waals surface area contributed by atoms with Gasteiger partial charge in [-0.3, -0.25) is 4.57 Å². The number of rotatable bonds is 3. The molecule has 0 saturated carbocycles. The largest absolute Gasteiger partial charge is 0.340 e. The van der Waals surface area contributed by atoms with Crippen LogP contribution in [0.1, 0.15) is 6.42 Å². The van der Waals surface area contributed by atoms with Gasteiger partial charge in [0.2, 0.25) is 5.95 Å². The monoisotopic (exact) mass is 274 g/mol. The molecule has 2 aromatic rings. The van der Waals surface area contributed by atoms with Gasteiger partial charge in [-0.2, -0.15) is 11.8 Å². The molecule has 1 atom stereocenters. The number of aromatic nitrogens is 3. The van der Waals surface area contributed by atoms with Crippen molar-refractivity contribution in [2.45, 2.75) is 12.5 Å². The van der Waals surface area contributed by atoms with Crippen molar-refractivity contribution in [2.75, 3.05) is 23.5 Å². The summed E-state index contributed by atoms with van der Waals surface area (Å²) in [6.07, 6.45) is 1.23. The molecule has 5 heteroatoms. The average Bonchev–Trinajstić information content (AvgIpc) is 3.08. The van der Waals surface area contributed by atoms with E-state index in [9.17, 15) is 0 Å². The highest BCUT2D eigenvalue weighted by atomic mass is 32.2. The van der Waals surface area contributed by atoms with E-state index in [0.717, 1.165) is 17.3 Å². The summed E-state index contributed by atoms with van der Waals surface area (Å²) in [5.41, 5.74) is 1.11. The van der Waals surface area contributed by atoms with Crippen LogP contribution in [-0.4, -0.2) is 39.4 Å². The van der Waals surface area contributed by atoms with Crippen LogP contribution in [0.25, 0.3) is 11.4 Å². The zero-order valence-corrected chi connectivity index (χ0v) is 12.1. The summed E-state index contributed by atoms with van der Waals surface area (Å²) < 4.78 is 2.08. The fourth-order valence-corrected chi connectivity index (χ4v) is 3.73. The molecule has 2 heterocycles. The maximum atomic E-state index is 4.37. The van der Waals surface area contributed by atoms with Crippen LogP contribution in [0.3, 0.4) is 0 Å². The van der Waals surface area contributed by atoms with E-state index in [1.54, 1.807) is 0 Å². The third-order valence-electron chi connectivity index (χ3n) is 3.65. The van der Waals surface area contributed by atoms with Crippen molar-refractivity contribution < 1.29 is 0 Å². The molecule has 1 aromatic carbocycles. The van der Waals surface area contributed by atoms with Gasteiger partial charge in [-0.25, -0.2) is 0 Å². The molecule has 3 rings (SSSR count). The third kappa shape index (κ3) is 2.34. The van der Waals surface area contributed by atoms with Gasteiger partial charge in [0.1, 0.15) is 0 Å². The van der Waals surface area contributed by atoms with Gasteiger partial charge in [-0.1, -0.05) is 30.3 Å². The summed E-state index contributed by atoms with van der Waals surface area (Å²) in [4.78, 5) is 2.26. The van der Waals surface area contributed by atoms with Crippen LogP contribution in [-0.2, 0) is 7.05 Å². The van der Waals surface area contributed by atoms with Crippen molar-refractivity contribution in [3.05, 3.63) is 30.3 Å². The summed E-state index contributed by atoms with van der Waals surface area (Å²) >= 11 is 2.02. The summed E-state index contributed by atoms with van der Waals surface area (Å²) in [5, 5.41) is 8.71. The topological polar surface area (TPSA) is 34.0 Å². The van der Waals surface area contributed by atoms with Gasteiger partial charge in [0.05, 0.1) is 0 Å². The van der Waals surface area contributed by atoms with Gasteiger partial charge in [0.15, 0.2) is 5.82 Å². The fraction of sp³-hybridized carbons (Fsp3) is 0.429. The van der Waals surface area contributed by atoms with Gasteiger partial charge in [0, 0.05) is 31.5 Å². The lowest BCUT2D eigenvalue weighted by Gasteiger charge is -2.24. The molecule has 19 heavy (non-hydrogen) atoms. The Morgan fingerprint density at radius 3 is 2.74 bits per heavy atom. The Hall–Kier alpha value is -1.49. The molecule has 0 aliphatic carbocycles. The number of nitrogens with zero attached hydrogens (tertiary/aromatic N) is 4. The zero-order valence-electron chi connectivity index (χ0n) is 11.3. The lowest BCUT2D eigenvalue weighted by atomic mass is 10.2. The molecule has 4 nitrogen and oxygen atoms in total. The molecule has 1 aliphatic heterocycles. The Morgan fingerprint density at radius 1 is 1.26 bits per heavy atom. The number of anilines is 1. The number of hydrogen-bond donors (Lipinski definition) is 0. The highest BCUT2D eigenvalue weighted by molar-refractivity contribution is 7.99. The number of thioether (sulfide) groups is 1. The standard InChI is InChI=1S/C14H18N4S/c1-17(12-8-9-19-10-12)14-16-15-13(18(14)2)11-6-4-3-5-7-11/h3-7,12H,8-10H2,1-2H3/t12-/m0/s1. The maximum Gasteiger partial charge on any atom is 0.227 e. The first kappa shape index (κ1) is 12.5. The molecule has 1 saturated heterocycles. The second-order valence-electron chi connectivity index (χ2n) is 4.88. The minimum absolute atomic E-state index is 0.580. The zero-order chi connectivity index (χ0) is 13.2. The molecule has 1 aromatic heterocycles. The predicted molar refractivity (Wildman–Crippen MR) is 80.6 cm³/mol. The minimum atomic E-state index is 0.580. The molecule has 0 unspecified atom stereocenters. The molecule has 0 amide bonds. The molecule has 100 valence electrons. The van der Waals surface area contributed by atoms with Crippen molar-refractivity contribution in [1.29, 1.82) is 0 Å². The van der Waals surface area contributed by atoms with E-state index in [1.165, 1.54) is 17.9 Å². The summed E-state index contributed by atoms with van der Waals surface area (Å²) in [6.45, 7) is 0. The van der Waals surface area contributed by atoms with Crippen molar-refractivity contribution in [2.24, 2.45) is 7.05 Å². The molecule has 0 spiro atoms. The number of benzene rings is 1. The second kappa shape index (κ2) is 5.25. The van der Waals surface area contributed by atoms with Crippen LogP contribution in [0.2, 0.25) is 0 Å². The van der Waals surface area contributed by atoms with Crippen LogP contribution in [0, 0.1) is 0 Å². The minimum Gasteiger partial charge on any atom is -0.340 e. The first-order valence-electron chi connectivity index (χ1n) is 6.53. The van der Waals surface area contributed by atoms with Crippen molar-refractivity contribution in [1.82, 2.24) is 14.8 Å². The average molecular weight is 274 g/mol. The first-order chi connectivity index (χ1) is 9.27. The normalized spacial score (nSPS) is 18.7. The van der Waals surface area contributed by atoms with Crippen LogP contribution < -0.4 is 4.90 Å². The maximum absolute atomic E-state index is 4.37. The lowest BCUT2D eigenvalue weighted by Crippen LogP contribution is -2.33. The van der Waals surface area contributed by atoms with E-state index < -0.39 is 0 Å². The van der Waals surface area contributed by atoms with Crippen molar-refractivity contribution in [3.8, 4) is 11.4 Å². The smallest absolute Gasteiger partial charge is 0.227 e. The Bertz CT molecular complexity index is 546. The first-order valence-corrected chi connectivity index (χ1v) is 7.68. The predicted octanol–water partition coefficient (Wildman–Crippen LogP) is 2.42. The quantitative estimate of drug-likeness (QED) is 0.861. The Kier molecular flexibility index (Phi) is 3.46. The van der Waals surface area contributed by atoms with E-state index in [1.807, 2.05) is 37.0 Å². The van der Waals surface area contributed by atoms with E-state index >= 15 is 0 Å². The van der Waals surface area contributed by atoms with Gasteiger partial charge in [0.25, 0.3) is 0 Å². The van der Waals surface area contributed by atoms with Crippen LogP contribution in [0.4, 0.5) is 5.95 Å². The second-order valence-corrected chi connectivity index (χ2v) is 6.03. The van der Waals surface area contributed by atoms with E-state index in [-0.39, 0.29) is 0 Å². The molecule has 0 N–H and O–H groups in total. The van der Waals surface area contributed by atoms with Crippen molar-refractivity contribution >= 4 is 17.7 Å².